The van der Waals surface area contributed by atoms with Gasteiger partial charge in [0.25, 0.3) is 5.56 Å². The van der Waals surface area contributed by atoms with Gasteiger partial charge in [-0.2, -0.15) is 5.10 Å². The maximum atomic E-state index is 11.0. The standard InChI is InChI=1S/C8H12ClN3O2/c1-2-5(13)3-10-6-4-11-12-8(14)7(6)9/h4-5,13H,2-3H2,1H3,(H2,10,12,14). The highest BCUT2D eigenvalue weighted by Crippen LogP contribution is 2.14. The van der Waals surface area contributed by atoms with Crippen LogP contribution in [0.25, 0.3) is 0 Å². The van der Waals surface area contributed by atoms with E-state index in [0.29, 0.717) is 18.7 Å². The number of hydrogen-bond acceptors (Lipinski definition) is 4. The molecule has 1 aromatic rings. The molecule has 1 atom stereocenters. The topological polar surface area (TPSA) is 78.0 Å². The molecule has 0 saturated carbocycles. The fraction of sp³-hybridized carbons (Fsp3) is 0.500. The zero-order chi connectivity index (χ0) is 10.6. The molecule has 1 aromatic heterocycles. The second-order valence-corrected chi connectivity index (χ2v) is 3.25. The quantitative estimate of drug-likeness (QED) is 0.691. The van der Waals surface area contributed by atoms with Gasteiger partial charge in [-0.3, -0.25) is 4.79 Å². The van der Waals surface area contributed by atoms with Gasteiger partial charge in [0, 0.05) is 6.54 Å². The molecule has 0 spiro atoms. The summed E-state index contributed by atoms with van der Waals surface area (Å²) in [6, 6.07) is 0. The van der Waals surface area contributed by atoms with Crippen molar-refractivity contribution in [1.29, 1.82) is 0 Å². The number of aliphatic hydroxyl groups excluding tert-OH is 1. The van der Waals surface area contributed by atoms with Crippen LogP contribution in [0.2, 0.25) is 5.02 Å². The van der Waals surface area contributed by atoms with E-state index in [4.69, 9.17) is 11.6 Å². The Morgan fingerprint density at radius 3 is 3.14 bits per heavy atom. The van der Waals surface area contributed by atoms with Crippen molar-refractivity contribution < 1.29 is 5.11 Å². The van der Waals surface area contributed by atoms with Crippen molar-refractivity contribution in [3.8, 4) is 0 Å². The minimum atomic E-state index is -0.453. The lowest BCUT2D eigenvalue weighted by Gasteiger charge is -2.10. The first-order chi connectivity index (χ1) is 6.65. The van der Waals surface area contributed by atoms with Crippen LogP contribution in [-0.2, 0) is 0 Å². The second kappa shape index (κ2) is 4.97. The van der Waals surface area contributed by atoms with Gasteiger partial charge in [0.1, 0.15) is 5.02 Å². The van der Waals surface area contributed by atoms with Crippen LogP contribution in [0.5, 0.6) is 0 Å². The smallest absolute Gasteiger partial charge is 0.285 e. The van der Waals surface area contributed by atoms with Gasteiger partial charge in [0.05, 0.1) is 18.0 Å². The second-order valence-electron chi connectivity index (χ2n) is 2.87. The summed E-state index contributed by atoms with van der Waals surface area (Å²) < 4.78 is 0. The zero-order valence-electron chi connectivity index (χ0n) is 7.75. The van der Waals surface area contributed by atoms with Crippen LogP contribution in [0.4, 0.5) is 5.69 Å². The first-order valence-corrected chi connectivity index (χ1v) is 4.68. The molecule has 14 heavy (non-hydrogen) atoms. The highest BCUT2D eigenvalue weighted by Gasteiger charge is 2.06. The van der Waals surface area contributed by atoms with Crippen LogP contribution in [0.15, 0.2) is 11.0 Å². The summed E-state index contributed by atoms with van der Waals surface area (Å²) in [6.07, 6.45) is 1.60. The lowest BCUT2D eigenvalue weighted by atomic mass is 10.3. The van der Waals surface area contributed by atoms with Crippen molar-refractivity contribution in [2.75, 3.05) is 11.9 Å². The third kappa shape index (κ3) is 2.71. The number of halogens is 1. The highest BCUT2D eigenvalue weighted by atomic mass is 35.5. The fourth-order valence-electron chi connectivity index (χ4n) is 0.879. The molecule has 78 valence electrons. The molecule has 3 N–H and O–H groups in total. The van der Waals surface area contributed by atoms with E-state index in [1.165, 1.54) is 6.20 Å². The van der Waals surface area contributed by atoms with Gasteiger partial charge < -0.3 is 10.4 Å². The minimum absolute atomic E-state index is 0.0586. The molecular weight excluding hydrogens is 206 g/mol. The largest absolute Gasteiger partial charge is 0.391 e. The fourth-order valence-corrected chi connectivity index (χ4v) is 1.04. The van der Waals surface area contributed by atoms with Gasteiger partial charge >= 0.3 is 0 Å². The molecule has 1 unspecified atom stereocenters. The number of H-pyrrole nitrogens is 1. The number of hydrogen-bond donors (Lipinski definition) is 3. The van der Waals surface area contributed by atoms with E-state index < -0.39 is 11.7 Å². The zero-order valence-corrected chi connectivity index (χ0v) is 8.51. The van der Waals surface area contributed by atoms with E-state index in [9.17, 15) is 9.90 Å². The third-order valence-electron chi connectivity index (χ3n) is 1.79. The number of nitrogens with one attached hydrogen (secondary N) is 2. The molecule has 0 radical (unpaired) electrons. The summed E-state index contributed by atoms with van der Waals surface area (Å²) in [4.78, 5) is 11.0. The summed E-state index contributed by atoms with van der Waals surface area (Å²) in [5.41, 5.74) is -0.00873. The van der Waals surface area contributed by atoms with Crippen LogP contribution < -0.4 is 10.9 Å². The van der Waals surface area contributed by atoms with Gasteiger partial charge in [-0.25, -0.2) is 5.10 Å². The SMILES string of the molecule is CCC(O)CNc1cn[nH]c(=O)c1Cl. The molecule has 5 nitrogen and oxygen atoms in total. The predicted molar refractivity (Wildman–Crippen MR) is 54.7 cm³/mol. The lowest BCUT2D eigenvalue weighted by molar-refractivity contribution is 0.183. The van der Waals surface area contributed by atoms with E-state index in [1.807, 2.05) is 6.92 Å². The van der Waals surface area contributed by atoms with Crippen LogP contribution in [0, 0.1) is 0 Å². The van der Waals surface area contributed by atoms with Crippen molar-refractivity contribution in [2.24, 2.45) is 0 Å². The molecule has 0 bridgehead atoms. The predicted octanol–water partition coefficient (Wildman–Crippen LogP) is 0.606. The summed E-state index contributed by atoms with van der Waals surface area (Å²) in [6.45, 7) is 2.21. The van der Waals surface area contributed by atoms with Gasteiger partial charge in [0.15, 0.2) is 0 Å². The minimum Gasteiger partial charge on any atom is -0.391 e. The Bertz CT molecular complexity index is 353. The summed E-state index contributed by atoms with van der Waals surface area (Å²) >= 11 is 5.69. The Morgan fingerprint density at radius 2 is 2.50 bits per heavy atom. The van der Waals surface area contributed by atoms with Crippen molar-refractivity contribution in [2.45, 2.75) is 19.4 Å². The van der Waals surface area contributed by atoms with Crippen molar-refractivity contribution in [3.63, 3.8) is 0 Å². The average Bonchev–Trinajstić information content (AvgIpc) is 2.20. The van der Waals surface area contributed by atoms with E-state index in [0.717, 1.165) is 0 Å². The summed E-state index contributed by atoms with van der Waals surface area (Å²) in [7, 11) is 0. The number of nitrogens with zero attached hydrogens (tertiary/aromatic N) is 1. The highest BCUT2D eigenvalue weighted by molar-refractivity contribution is 6.32. The molecule has 0 aliphatic carbocycles. The molecule has 0 amide bonds. The first-order valence-electron chi connectivity index (χ1n) is 4.30. The van der Waals surface area contributed by atoms with Gasteiger partial charge in [0.2, 0.25) is 0 Å². The van der Waals surface area contributed by atoms with Crippen LogP contribution in [0.1, 0.15) is 13.3 Å². The molecule has 0 aromatic carbocycles. The molecule has 0 fully saturated rings. The average molecular weight is 218 g/mol. The van der Waals surface area contributed by atoms with Gasteiger partial charge in [-0.15, -0.1) is 0 Å². The number of rotatable bonds is 4. The van der Waals surface area contributed by atoms with E-state index in [-0.39, 0.29) is 5.02 Å². The third-order valence-corrected chi connectivity index (χ3v) is 2.17. The van der Waals surface area contributed by atoms with Crippen LogP contribution in [0.3, 0.4) is 0 Å². The van der Waals surface area contributed by atoms with Crippen molar-refractivity contribution in [3.05, 3.63) is 21.6 Å². The molecular formula is C8H12ClN3O2. The Labute approximate surface area is 86.1 Å². The van der Waals surface area contributed by atoms with Crippen molar-refractivity contribution >= 4 is 17.3 Å². The molecule has 1 heterocycles. The Balaban J connectivity index is 2.68. The first kappa shape index (κ1) is 11.0. The number of aromatic amines is 1. The lowest BCUT2D eigenvalue weighted by Crippen LogP contribution is -2.20. The maximum Gasteiger partial charge on any atom is 0.285 e. The maximum absolute atomic E-state index is 11.0. The Morgan fingerprint density at radius 1 is 1.79 bits per heavy atom. The number of aromatic nitrogens is 2. The van der Waals surface area contributed by atoms with Crippen LogP contribution >= 0.6 is 11.6 Å². The van der Waals surface area contributed by atoms with E-state index >= 15 is 0 Å². The Hall–Kier alpha value is -1.07. The van der Waals surface area contributed by atoms with Gasteiger partial charge in [-0.1, -0.05) is 18.5 Å². The van der Waals surface area contributed by atoms with Crippen molar-refractivity contribution in [1.82, 2.24) is 10.2 Å². The van der Waals surface area contributed by atoms with E-state index in [2.05, 4.69) is 15.5 Å². The summed E-state index contributed by atoms with van der Waals surface area (Å²) in [5.74, 6) is 0. The molecule has 0 aliphatic heterocycles. The number of anilines is 1. The molecule has 0 aliphatic rings. The molecule has 6 heteroatoms. The van der Waals surface area contributed by atoms with Gasteiger partial charge in [-0.05, 0) is 6.42 Å². The monoisotopic (exact) mass is 217 g/mol. The van der Waals surface area contributed by atoms with E-state index in [1.54, 1.807) is 0 Å². The molecule has 0 saturated heterocycles. The Kier molecular flexibility index (Phi) is 3.91. The normalized spacial score (nSPS) is 12.5. The van der Waals surface area contributed by atoms with Crippen LogP contribution in [-0.4, -0.2) is 28.0 Å². The number of aliphatic hydroxyl groups is 1. The molecule has 1 rings (SSSR count). The summed E-state index contributed by atoms with van der Waals surface area (Å²) in [5, 5.41) is 18.0.